The molecule has 0 saturated carbocycles. The second-order valence-electron chi connectivity index (χ2n) is 6.41. The van der Waals surface area contributed by atoms with Crippen molar-refractivity contribution in [3.63, 3.8) is 0 Å². The molecular weight excluding hydrogens is 326 g/mol. The van der Waals surface area contributed by atoms with Gasteiger partial charge in [-0.1, -0.05) is 13.8 Å². The van der Waals surface area contributed by atoms with Crippen molar-refractivity contribution in [2.75, 3.05) is 19.6 Å². The highest BCUT2D eigenvalue weighted by Crippen LogP contribution is 2.15. The highest BCUT2D eigenvalue weighted by atomic mass is 32.1. The van der Waals surface area contributed by atoms with Crippen LogP contribution in [0.1, 0.15) is 41.2 Å². The first-order valence-electron chi connectivity index (χ1n) is 8.29. The van der Waals surface area contributed by atoms with Crippen LogP contribution in [0.4, 0.5) is 0 Å². The molecule has 0 radical (unpaired) electrons. The summed E-state index contributed by atoms with van der Waals surface area (Å²) in [5.41, 5.74) is 0. The minimum absolute atomic E-state index is 0.00671. The van der Waals surface area contributed by atoms with E-state index in [4.69, 9.17) is 0 Å². The zero-order valence-corrected chi connectivity index (χ0v) is 15.2. The van der Waals surface area contributed by atoms with E-state index in [0.717, 1.165) is 17.7 Å². The predicted molar refractivity (Wildman–Crippen MR) is 94.0 cm³/mol. The van der Waals surface area contributed by atoms with Crippen LogP contribution in [0.3, 0.4) is 0 Å². The van der Waals surface area contributed by atoms with Crippen LogP contribution >= 0.6 is 11.3 Å². The lowest BCUT2D eigenvalue weighted by atomic mass is 10.0. The van der Waals surface area contributed by atoms with Gasteiger partial charge in [-0.3, -0.25) is 14.4 Å². The van der Waals surface area contributed by atoms with Gasteiger partial charge in [0.2, 0.25) is 11.8 Å². The molecule has 0 spiro atoms. The number of likely N-dealkylation sites (tertiary alicyclic amines) is 1. The number of piperidine rings is 1. The van der Waals surface area contributed by atoms with E-state index in [1.165, 1.54) is 11.3 Å². The van der Waals surface area contributed by atoms with Gasteiger partial charge in [-0.25, -0.2) is 0 Å². The molecule has 0 atom stereocenters. The van der Waals surface area contributed by atoms with E-state index in [-0.39, 0.29) is 36.2 Å². The largest absolute Gasteiger partial charge is 0.352 e. The Labute approximate surface area is 146 Å². The first-order chi connectivity index (χ1) is 11.4. The molecule has 24 heavy (non-hydrogen) atoms. The number of carbonyl (C=O) groups excluding carboxylic acids is 3. The lowest BCUT2D eigenvalue weighted by molar-refractivity contribution is -0.135. The molecule has 2 rings (SSSR count). The summed E-state index contributed by atoms with van der Waals surface area (Å²) in [6.07, 6.45) is 1.50. The maximum Gasteiger partial charge on any atom is 0.261 e. The molecule has 6 nitrogen and oxygen atoms in total. The molecule has 1 aliphatic heterocycles. The standard InChI is InChI=1S/C17H25N3O3S/c1-11(2)17(23)20-8-6-13(7-9-20)19-15(21)10-18-16(22)14-5-4-12(3)24-14/h4-5,11,13H,6-10H2,1-3H3,(H,18,22)(H,19,21). The fraction of sp³-hybridized carbons (Fsp3) is 0.588. The van der Waals surface area contributed by atoms with Crippen molar-refractivity contribution in [2.24, 2.45) is 5.92 Å². The van der Waals surface area contributed by atoms with E-state index in [2.05, 4.69) is 10.6 Å². The first kappa shape index (κ1) is 18.4. The summed E-state index contributed by atoms with van der Waals surface area (Å²) >= 11 is 1.41. The fourth-order valence-corrected chi connectivity index (χ4v) is 3.48. The maximum atomic E-state index is 12.0. The van der Waals surface area contributed by atoms with Crippen molar-refractivity contribution < 1.29 is 14.4 Å². The summed E-state index contributed by atoms with van der Waals surface area (Å²) in [6.45, 7) is 7.04. The smallest absolute Gasteiger partial charge is 0.261 e. The maximum absolute atomic E-state index is 12.0. The van der Waals surface area contributed by atoms with E-state index in [9.17, 15) is 14.4 Å². The van der Waals surface area contributed by atoms with E-state index in [1.807, 2.05) is 31.7 Å². The van der Waals surface area contributed by atoms with Gasteiger partial charge in [0.05, 0.1) is 11.4 Å². The third-order valence-corrected chi connectivity index (χ3v) is 5.04. The molecule has 1 fully saturated rings. The summed E-state index contributed by atoms with van der Waals surface area (Å²) in [6, 6.07) is 3.70. The fourth-order valence-electron chi connectivity index (χ4n) is 2.69. The number of aryl methyl sites for hydroxylation is 1. The molecule has 0 aliphatic carbocycles. The number of hydrogen-bond donors (Lipinski definition) is 2. The average Bonchev–Trinajstić information content (AvgIpc) is 2.99. The molecule has 2 N–H and O–H groups in total. The molecule has 1 aromatic rings. The minimum atomic E-state index is -0.222. The Bertz CT molecular complexity index is 604. The zero-order valence-electron chi connectivity index (χ0n) is 14.4. The number of amides is 3. The number of nitrogens with zero attached hydrogens (tertiary/aromatic N) is 1. The molecule has 0 unspecified atom stereocenters. The van der Waals surface area contributed by atoms with E-state index in [0.29, 0.717) is 18.0 Å². The van der Waals surface area contributed by atoms with Crippen molar-refractivity contribution in [3.05, 3.63) is 21.9 Å². The second-order valence-corrected chi connectivity index (χ2v) is 7.70. The highest BCUT2D eigenvalue weighted by molar-refractivity contribution is 7.13. The monoisotopic (exact) mass is 351 g/mol. The first-order valence-corrected chi connectivity index (χ1v) is 9.11. The van der Waals surface area contributed by atoms with Gasteiger partial charge in [-0.2, -0.15) is 0 Å². The number of rotatable bonds is 5. The lowest BCUT2D eigenvalue weighted by Crippen LogP contribution is -2.49. The van der Waals surface area contributed by atoms with Crippen LogP contribution in [0.15, 0.2) is 12.1 Å². The van der Waals surface area contributed by atoms with Crippen molar-refractivity contribution >= 4 is 29.1 Å². The van der Waals surface area contributed by atoms with Gasteiger partial charge < -0.3 is 15.5 Å². The predicted octanol–water partition coefficient (Wildman–Crippen LogP) is 1.55. The van der Waals surface area contributed by atoms with Crippen LogP contribution in [0, 0.1) is 12.8 Å². The number of thiophene rings is 1. The van der Waals surface area contributed by atoms with Crippen molar-refractivity contribution in [1.29, 1.82) is 0 Å². The van der Waals surface area contributed by atoms with E-state index < -0.39 is 0 Å². The number of nitrogens with one attached hydrogen (secondary N) is 2. The third kappa shape index (κ3) is 5.06. The summed E-state index contributed by atoms with van der Waals surface area (Å²) < 4.78 is 0. The van der Waals surface area contributed by atoms with Gasteiger partial charge in [0.25, 0.3) is 5.91 Å². The normalized spacial score (nSPS) is 15.4. The van der Waals surface area contributed by atoms with E-state index >= 15 is 0 Å². The Morgan fingerprint density at radius 3 is 2.46 bits per heavy atom. The summed E-state index contributed by atoms with van der Waals surface area (Å²) in [7, 11) is 0. The van der Waals surface area contributed by atoms with Crippen LogP contribution < -0.4 is 10.6 Å². The average molecular weight is 351 g/mol. The molecule has 7 heteroatoms. The van der Waals surface area contributed by atoms with E-state index in [1.54, 1.807) is 6.07 Å². The molecule has 0 bridgehead atoms. The highest BCUT2D eigenvalue weighted by Gasteiger charge is 2.25. The molecular formula is C17H25N3O3S. The number of hydrogen-bond acceptors (Lipinski definition) is 4. The molecule has 1 saturated heterocycles. The summed E-state index contributed by atoms with van der Waals surface area (Å²) in [4.78, 5) is 39.3. The molecule has 1 aromatic heterocycles. The van der Waals surface area contributed by atoms with Crippen LogP contribution in [0.2, 0.25) is 0 Å². The molecule has 1 aliphatic rings. The summed E-state index contributed by atoms with van der Waals surface area (Å²) in [5.74, 6) is -0.239. The molecule has 0 aromatic carbocycles. The van der Waals surface area contributed by atoms with Crippen LogP contribution in [0.25, 0.3) is 0 Å². The van der Waals surface area contributed by atoms with Gasteiger partial charge in [-0.05, 0) is 31.9 Å². The van der Waals surface area contributed by atoms with Gasteiger partial charge in [0.15, 0.2) is 0 Å². The third-order valence-electron chi connectivity index (χ3n) is 4.04. The molecule has 3 amide bonds. The van der Waals surface area contributed by atoms with Gasteiger partial charge in [0.1, 0.15) is 0 Å². The SMILES string of the molecule is Cc1ccc(C(=O)NCC(=O)NC2CCN(C(=O)C(C)C)CC2)s1. The Kier molecular flexibility index (Phi) is 6.36. The van der Waals surface area contributed by atoms with Crippen LogP contribution in [-0.2, 0) is 9.59 Å². The number of carbonyl (C=O) groups is 3. The van der Waals surface area contributed by atoms with Crippen LogP contribution in [0.5, 0.6) is 0 Å². The van der Waals surface area contributed by atoms with Crippen molar-refractivity contribution in [1.82, 2.24) is 15.5 Å². The Morgan fingerprint density at radius 2 is 1.92 bits per heavy atom. The topological polar surface area (TPSA) is 78.5 Å². The minimum Gasteiger partial charge on any atom is -0.352 e. The van der Waals surface area contributed by atoms with Crippen molar-refractivity contribution in [2.45, 2.75) is 39.7 Å². The van der Waals surface area contributed by atoms with Crippen molar-refractivity contribution in [3.8, 4) is 0 Å². The Hall–Kier alpha value is -1.89. The van der Waals surface area contributed by atoms with Gasteiger partial charge in [0, 0.05) is 29.9 Å². The van der Waals surface area contributed by atoms with Gasteiger partial charge in [-0.15, -0.1) is 11.3 Å². The quantitative estimate of drug-likeness (QED) is 0.845. The van der Waals surface area contributed by atoms with Gasteiger partial charge >= 0.3 is 0 Å². The Morgan fingerprint density at radius 1 is 1.25 bits per heavy atom. The lowest BCUT2D eigenvalue weighted by Gasteiger charge is -2.33. The summed E-state index contributed by atoms with van der Waals surface area (Å²) in [5, 5.41) is 5.57. The zero-order chi connectivity index (χ0) is 17.7. The molecule has 2 heterocycles. The van der Waals surface area contributed by atoms with Crippen LogP contribution in [-0.4, -0.2) is 48.3 Å². The Balaban J connectivity index is 1.70. The molecule has 132 valence electrons. The second kappa shape index (κ2) is 8.28.